The molecule has 0 amide bonds. The van der Waals surface area contributed by atoms with Gasteiger partial charge in [-0.15, -0.1) is 129 Å². The van der Waals surface area contributed by atoms with Crippen molar-refractivity contribution in [2.75, 3.05) is 41.8 Å². The lowest BCUT2D eigenvalue weighted by molar-refractivity contribution is 1.30. The van der Waals surface area contributed by atoms with Crippen LogP contribution in [0.1, 0.15) is 0 Å². The SMILES string of the molecule is CSC(SCSC(SC(SCS)C(SCS)SCS)C(SCS)SCS)C1SCS1. The predicted molar refractivity (Wildman–Crippen MR) is 191 cm³/mol. The molecule has 0 aromatic carbocycles. The Labute approximate surface area is 258 Å². The lowest BCUT2D eigenvalue weighted by Gasteiger charge is -2.33. The molecule has 0 bridgehead atoms. The fourth-order valence-corrected chi connectivity index (χ4v) is 22.0. The number of rotatable bonds is 20. The molecule has 0 N–H and O–H groups in total. The van der Waals surface area contributed by atoms with Crippen molar-refractivity contribution in [3.05, 3.63) is 0 Å². The van der Waals surface area contributed by atoms with E-state index in [1.54, 1.807) is 0 Å². The van der Waals surface area contributed by atoms with Crippen molar-refractivity contribution in [2.45, 2.75) is 27.5 Å². The second-order valence-electron chi connectivity index (χ2n) is 4.96. The summed E-state index contributed by atoms with van der Waals surface area (Å²) in [5, 5.41) is 6.54. The fourth-order valence-electron chi connectivity index (χ4n) is 2.01. The van der Waals surface area contributed by atoms with Gasteiger partial charge in [-0.2, -0.15) is 63.1 Å². The second kappa shape index (κ2) is 22.6. The molecule has 0 nitrogen and oxygen atoms in total. The Kier molecular flexibility index (Phi) is 25.3. The van der Waals surface area contributed by atoms with E-state index in [1.807, 2.05) is 70.6 Å². The Hall–Kier alpha value is 5.60. The van der Waals surface area contributed by atoms with E-state index < -0.39 is 0 Å². The van der Waals surface area contributed by atoms with Crippen LogP contribution in [0.3, 0.4) is 0 Å². The van der Waals surface area contributed by atoms with Gasteiger partial charge in [0.2, 0.25) is 0 Å². The van der Waals surface area contributed by atoms with Crippen molar-refractivity contribution in [1.82, 2.24) is 0 Å². The monoisotopic (exact) mass is 708 g/mol. The van der Waals surface area contributed by atoms with Crippen LogP contribution in [0.4, 0.5) is 0 Å². The second-order valence-corrected chi connectivity index (χ2v) is 23.6. The van der Waals surface area contributed by atoms with Gasteiger partial charge < -0.3 is 0 Å². The van der Waals surface area contributed by atoms with Crippen LogP contribution in [0.15, 0.2) is 0 Å². The maximum absolute atomic E-state index is 4.54. The summed E-state index contributed by atoms with van der Waals surface area (Å²) in [6, 6.07) is 0. The van der Waals surface area contributed by atoms with Gasteiger partial charge in [0, 0.05) is 35.6 Å². The Morgan fingerprint density at radius 2 is 1.10 bits per heavy atom. The van der Waals surface area contributed by atoms with Crippen molar-refractivity contribution in [3.8, 4) is 0 Å². The van der Waals surface area contributed by atoms with E-state index in [0.29, 0.717) is 22.9 Å². The van der Waals surface area contributed by atoms with Gasteiger partial charge in [0.05, 0.1) is 27.5 Å². The van der Waals surface area contributed by atoms with Gasteiger partial charge in [-0.3, -0.25) is 0 Å². The highest BCUT2D eigenvalue weighted by molar-refractivity contribution is 8.36. The van der Waals surface area contributed by atoms with Crippen molar-refractivity contribution in [2.24, 2.45) is 0 Å². The summed E-state index contributed by atoms with van der Waals surface area (Å²) in [6.07, 6.45) is 2.25. The molecule has 0 saturated carbocycles. The van der Waals surface area contributed by atoms with Crippen LogP contribution >= 0.6 is 193 Å². The third-order valence-electron chi connectivity index (χ3n) is 3.29. The normalized spacial score (nSPS) is 18.0. The summed E-state index contributed by atoms with van der Waals surface area (Å²) in [4.78, 5) is 0. The maximum atomic E-state index is 4.54. The Morgan fingerprint density at radius 3 is 1.47 bits per heavy atom. The number of thiol groups is 5. The molecule has 0 aromatic rings. The molecule has 30 heavy (non-hydrogen) atoms. The van der Waals surface area contributed by atoms with Crippen LogP contribution in [0, 0.1) is 0 Å². The van der Waals surface area contributed by atoms with Gasteiger partial charge >= 0.3 is 0 Å². The van der Waals surface area contributed by atoms with Gasteiger partial charge in [0.15, 0.2) is 0 Å². The first-order valence-electron chi connectivity index (χ1n) is 8.42. The largest absolute Gasteiger partial charge is 0.168 e. The summed E-state index contributed by atoms with van der Waals surface area (Å²) in [5.74, 6) is 0. The van der Waals surface area contributed by atoms with Crippen molar-refractivity contribution < 1.29 is 0 Å². The standard InChI is InChI=1S/C14H28S16/c1-20-9(10-27-8-28-10)26-7-29-14(12(23-4-17)24-5-18)30-13(25-6-19)11(21-2-15)22-3-16/h9-19H,2-8H2,1H3. The highest BCUT2D eigenvalue weighted by Gasteiger charge is 2.33. The molecule has 0 aromatic heterocycles. The van der Waals surface area contributed by atoms with E-state index in [9.17, 15) is 0 Å². The zero-order valence-corrected chi connectivity index (χ0v) is 29.6. The van der Waals surface area contributed by atoms with E-state index in [0.717, 1.165) is 35.1 Å². The lowest BCUT2D eigenvalue weighted by Crippen LogP contribution is -2.23. The number of thioether (sulfide) groups is 11. The molecule has 1 heterocycles. The molecule has 180 valence electrons. The zero-order chi connectivity index (χ0) is 22.2. The Balaban J connectivity index is 2.81. The first-order chi connectivity index (χ1) is 14.6. The summed E-state index contributed by atoms with van der Waals surface area (Å²) >= 11 is 44.7. The lowest BCUT2D eigenvalue weighted by atomic mass is 10.9. The number of hydrogen-bond acceptors (Lipinski definition) is 16. The Bertz CT molecular complexity index is 386. The predicted octanol–water partition coefficient (Wildman–Crippen LogP) is 9.00. The maximum Gasteiger partial charge on any atom is 0.0733 e. The van der Waals surface area contributed by atoms with Crippen LogP contribution in [0.5, 0.6) is 0 Å². The Morgan fingerprint density at radius 1 is 0.667 bits per heavy atom. The third kappa shape index (κ3) is 13.9. The van der Waals surface area contributed by atoms with Gasteiger partial charge in [0.1, 0.15) is 0 Å². The van der Waals surface area contributed by atoms with Crippen molar-refractivity contribution >= 4 is 193 Å². The van der Waals surface area contributed by atoms with Crippen LogP contribution < -0.4 is 0 Å². The van der Waals surface area contributed by atoms with E-state index in [1.165, 1.54) is 5.08 Å². The van der Waals surface area contributed by atoms with Gasteiger partial charge in [-0.25, -0.2) is 0 Å². The molecular formula is C14H28S16. The summed E-state index contributed by atoms with van der Waals surface area (Å²) < 4.78 is 3.30. The molecule has 1 saturated heterocycles. The average molecular weight is 709 g/mol. The van der Waals surface area contributed by atoms with E-state index >= 15 is 0 Å². The summed E-state index contributed by atoms with van der Waals surface area (Å²) in [5.41, 5.74) is 0. The third-order valence-corrected chi connectivity index (χ3v) is 22.7. The highest BCUT2D eigenvalue weighted by Crippen LogP contribution is 2.52. The molecule has 1 fully saturated rings. The summed E-state index contributed by atoms with van der Waals surface area (Å²) in [6.45, 7) is 0. The fraction of sp³-hybridized carbons (Fsp3) is 1.00. The smallest absolute Gasteiger partial charge is 0.0733 e. The number of hydrogen-bond donors (Lipinski definition) is 5. The minimum atomic E-state index is 0.455. The van der Waals surface area contributed by atoms with E-state index in [-0.39, 0.29) is 0 Å². The molecule has 3 unspecified atom stereocenters. The molecule has 16 heteroatoms. The van der Waals surface area contributed by atoms with Gasteiger partial charge in [-0.1, -0.05) is 0 Å². The topological polar surface area (TPSA) is 0 Å². The van der Waals surface area contributed by atoms with E-state index in [2.05, 4.69) is 128 Å². The van der Waals surface area contributed by atoms with E-state index in [4.69, 9.17) is 0 Å². The van der Waals surface area contributed by atoms with Crippen LogP contribution in [-0.2, 0) is 0 Å². The molecule has 0 spiro atoms. The van der Waals surface area contributed by atoms with Gasteiger partial charge in [0.25, 0.3) is 0 Å². The molecular weight excluding hydrogens is 681 g/mol. The first-order valence-corrected chi connectivity index (χ1v) is 23.2. The minimum Gasteiger partial charge on any atom is -0.168 e. The average Bonchev–Trinajstić information content (AvgIpc) is 2.70. The summed E-state index contributed by atoms with van der Waals surface area (Å²) in [7, 11) is 0. The minimum absolute atomic E-state index is 0.455. The molecule has 3 atom stereocenters. The van der Waals surface area contributed by atoms with Crippen molar-refractivity contribution in [1.29, 1.82) is 0 Å². The highest BCUT2D eigenvalue weighted by atomic mass is 32.3. The molecule has 1 aliphatic heterocycles. The van der Waals surface area contributed by atoms with Gasteiger partial charge in [-0.05, 0) is 6.26 Å². The molecule has 0 radical (unpaired) electrons. The quantitative estimate of drug-likeness (QED) is 0.0608. The molecule has 0 aliphatic carbocycles. The van der Waals surface area contributed by atoms with Crippen LogP contribution in [0.2, 0.25) is 0 Å². The first kappa shape index (κ1) is 33.6. The van der Waals surface area contributed by atoms with Crippen LogP contribution in [-0.4, -0.2) is 69.3 Å². The molecule has 1 aliphatic rings. The zero-order valence-electron chi connectivity index (χ0n) is 16.1. The van der Waals surface area contributed by atoms with Crippen LogP contribution in [0.25, 0.3) is 0 Å². The van der Waals surface area contributed by atoms with Crippen molar-refractivity contribution in [3.63, 3.8) is 0 Å². The molecule has 1 rings (SSSR count).